The largest absolute Gasteiger partial charge is 0.385 e. The van der Waals surface area contributed by atoms with Gasteiger partial charge in [0.2, 0.25) is 5.91 Å². The van der Waals surface area contributed by atoms with Crippen molar-refractivity contribution in [2.45, 2.75) is 12.8 Å². The van der Waals surface area contributed by atoms with E-state index in [0.29, 0.717) is 5.75 Å². The molecule has 2 N–H and O–H groups in total. The van der Waals surface area contributed by atoms with Gasteiger partial charge in [-0.05, 0) is 36.8 Å². The van der Waals surface area contributed by atoms with Crippen LogP contribution in [-0.4, -0.2) is 24.5 Å². The lowest BCUT2D eigenvalue weighted by molar-refractivity contribution is -0.113. The maximum absolute atomic E-state index is 11.4. The van der Waals surface area contributed by atoms with Crippen LogP contribution in [0.15, 0.2) is 18.2 Å². The van der Waals surface area contributed by atoms with Crippen LogP contribution < -0.4 is 10.6 Å². The predicted molar refractivity (Wildman–Crippen MR) is 70.3 cm³/mol. The summed E-state index contributed by atoms with van der Waals surface area (Å²) in [5.74, 6) is 0.563. The Kier molecular flexibility index (Phi) is 3.72. The monoisotopic (exact) mass is 236 g/mol. The van der Waals surface area contributed by atoms with Crippen molar-refractivity contribution in [1.82, 2.24) is 0 Å². The molecule has 0 fully saturated rings. The highest BCUT2D eigenvalue weighted by molar-refractivity contribution is 7.99. The highest BCUT2D eigenvalue weighted by Gasteiger charge is 2.09. The van der Waals surface area contributed by atoms with Crippen LogP contribution in [0.25, 0.3) is 0 Å². The average Bonchev–Trinajstić information content (AvgIpc) is 2.29. The minimum atomic E-state index is 0.0586. The van der Waals surface area contributed by atoms with E-state index in [9.17, 15) is 4.79 Å². The normalized spacial score (nSPS) is 13.8. The summed E-state index contributed by atoms with van der Waals surface area (Å²) >= 11 is 1.53. The van der Waals surface area contributed by atoms with Crippen LogP contribution in [0.1, 0.15) is 12.0 Å². The van der Waals surface area contributed by atoms with Crippen molar-refractivity contribution in [2.75, 3.05) is 29.2 Å². The Morgan fingerprint density at radius 1 is 1.56 bits per heavy atom. The second kappa shape index (κ2) is 5.25. The Morgan fingerprint density at radius 3 is 3.25 bits per heavy atom. The fourth-order valence-electron chi connectivity index (χ4n) is 1.87. The molecule has 1 amide bonds. The van der Waals surface area contributed by atoms with Crippen molar-refractivity contribution in [3.05, 3.63) is 23.8 Å². The number of anilines is 2. The Morgan fingerprint density at radius 2 is 2.44 bits per heavy atom. The van der Waals surface area contributed by atoms with E-state index in [1.807, 2.05) is 18.4 Å². The Labute approximate surface area is 100.0 Å². The third kappa shape index (κ3) is 2.70. The molecule has 0 spiro atoms. The molecule has 0 bridgehead atoms. The maximum atomic E-state index is 11.4. The first-order valence-corrected chi connectivity index (χ1v) is 6.84. The number of aryl methyl sites for hydroxylation is 1. The van der Waals surface area contributed by atoms with Crippen LogP contribution in [0, 0.1) is 0 Å². The van der Waals surface area contributed by atoms with Crippen LogP contribution in [0.5, 0.6) is 0 Å². The van der Waals surface area contributed by atoms with Crippen molar-refractivity contribution in [3.63, 3.8) is 0 Å². The molecule has 4 heteroatoms. The lowest BCUT2D eigenvalue weighted by atomic mass is 10.0. The minimum Gasteiger partial charge on any atom is -0.385 e. The molecule has 0 aliphatic carbocycles. The molecule has 0 saturated heterocycles. The van der Waals surface area contributed by atoms with E-state index in [1.165, 1.54) is 23.7 Å². The van der Waals surface area contributed by atoms with Gasteiger partial charge in [-0.25, -0.2) is 0 Å². The summed E-state index contributed by atoms with van der Waals surface area (Å²) in [6, 6.07) is 6.09. The number of hydrogen-bond acceptors (Lipinski definition) is 3. The summed E-state index contributed by atoms with van der Waals surface area (Å²) in [5, 5.41) is 6.24. The molecule has 0 atom stereocenters. The molecule has 16 heavy (non-hydrogen) atoms. The lowest BCUT2D eigenvalue weighted by Gasteiger charge is -2.18. The Balaban J connectivity index is 2.08. The Hall–Kier alpha value is -1.16. The quantitative estimate of drug-likeness (QED) is 0.846. The first kappa shape index (κ1) is 11.3. The van der Waals surface area contributed by atoms with Crippen LogP contribution in [0.3, 0.4) is 0 Å². The zero-order chi connectivity index (χ0) is 11.4. The Bertz CT molecular complexity index is 393. The van der Waals surface area contributed by atoms with Gasteiger partial charge in [0.05, 0.1) is 5.75 Å². The molecule has 0 radical (unpaired) electrons. The molecule has 86 valence electrons. The van der Waals surface area contributed by atoms with E-state index in [0.717, 1.165) is 24.3 Å². The van der Waals surface area contributed by atoms with Gasteiger partial charge >= 0.3 is 0 Å². The fourth-order valence-corrected chi connectivity index (χ4v) is 2.20. The van der Waals surface area contributed by atoms with Gasteiger partial charge in [0.25, 0.3) is 0 Å². The molecular weight excluding hydrogens is 220 g/mol. The number of carbonyl (C=O) groups excluding carboxylic acids is 1. The van der Waals surface area contributed by atoms with E-state index >= 15 is 0 Å². The topological polar surface area (TPSA) is 41.1 Å². The molecule has 0 aromatic heterocycles. The van der Waals surface area contributed by atoms with E-state index in [4.69, 9.17) is 0 Å². The number of thioether (sulfide) groups is 1. The number of rotatable bonds is 3. The van der Waals surface area contributed by atoms with Crippen molar-refractivity contribution in [3.8, 4) is 0 Å². The predicted octanol–water partition coefficient (Wildman–Crippen LogP) is 2.35. The molecule has 0 unspecified atom stereocenters. The number of fused-ring (bicyclic) bond motifs is 1. The van der Waals surface area contributed by atoms with Crippen molar-refractivity contribution >= 4 is 29.0 Å². The molecule has 1 aromatic carbocycles. The summed E-state index contributed by atoms with van der Waals surface area (Å²) in [6.07, 6.45) is 4.24. The van der Waals surface area contributed by atoms with Gasteiger partial charge in [-0.2, -0.15) is 11.8 Å². The van der Waals surface area contributed by atoms with E-state index in [1.54, 1.807) is 0 Å². The molecule has 1 aliphatic heterocycles. The van der Waals surface area contributed by atoms with Crippen LogP contribution >= 0.6 is 11.8 Å². The van der Waals surface area contributed by atoms with Crippen molar-refractivity contribution in [2.24, 2.45) is 0 Å². The molecule has 1 aromatic rings. The van der Waals surface area contributed by atoms with Crippen LogP contribution in [0.2, 0.25) is 0 Å². The SMILES string of the molecule is CSCC(=O)Nc1ccc2c(c1)NCCC2. The van der Waals surface area contributed by atoms with E-state index in [2.05, 4.69) is 16.7 Å². The number of amides is 1. The number of nitrogens with one attached hydrogen (secondary N) is 2. The third-order valence-electron chi connectivity index (χ3n) is 2.61. The van der Waals surface area contributed by atoms with E-state index < -0.39 is 0 Å². The summed E-state index contributed by atoms with van der Waals surface area (Å²) in [5.41, 5.74) is 3.38. The van der Waals surface area contributed by atoms with Gasteiger partial charge in [0.1, 0.15) is 0 Å². The van der Waals surface area contributed by atoms with Gasteiger partial charge in [-0.3, -0.25) is 4.79 Å². The smallest absolute Gasteiger partial charge is 0.234 e. The van der Waals surface area contributed by atoms with Gasteiger partial charge in [0, 0.05) is 17.9 Å². The number of hydrogen-bond donors (Lipinski definition) is 2. The third-order valence-corrected chi connectivity index (χ3v) is 3.16. The second-order valence-corrected chi connectivity index (χ2v) is 4.75. The highest BCUT2D eigenvalue weighted by Crippen LogP contribution is 2.25. The second-order valence-electron chi connectivity index (χ2n) is 3.88. The van der Waals surface area contributed by atoms with Gasteiger partial charge in [0.15, 0.2) is 0 Å². The molecule has 1 aliphatic rings. The first-order valence-electron chi connectivity index (χ1n) is 5.45. The summed E-state index contributed by atoms with van der Waals surface area (Å²) < 4.78 is 0. The summed E-state index contributed by atoms with van der Waals surface area (Å²) in [4.78, 5) is 11.4. The number of benzene rings is 1. The molecular formula is C12H16N2OS. The average molecular weight is 236 g/mol. The van der Waals surface area contributed by atoms with Crippen molar-refractivity contribution in [1.29, 1.82) is 0 Å². The van der Waals surface area contributed by atoms with Crippen molar-refractivity contribution < 1.29 is 4.79 Å². The number of carbonyl (C=O) groups is 1. The summed E-state index contributed by atoms with van der Waals surface area (Å²) in [6.45, 7) is 1.02. The van der Waals surface area contributed by atoms with E-state index in [-0.39, 0.29) is 5.91 Å². The minimum absolute atomic E-state index is 0.0586. The van der Waals surface area contributed by atoms with Gasteiger partial charge in [-0.15, -0.1) is 0 Å². The first-order chi connectivity index (χ1) is 7.79. The standard InChI is InChI=1S/C12H16N2OS/c1-16-8-12(15)14-10-5-4-9-3-2-6-13-11(9)7-10/h4-5,7,13H,2-3,6,8H2,1H3,(H,14,15). The van der Waals surface area contributed by atoms with Crippen LogP contribution in [-0.2, 0) is 11.2 Å². The fraction of sp³-hybridized carbons (Fsp3) is 0.417. The molecule has 2 rings (SSSR count). The molecule has 3 nitrogen and oxygen atoms in total. The van der Waals surface area contributed by atoms with Gasteiger partial charge in [-0.1, -0.05) is 6.07 Å². The summed E-state index contributed by atoms with van der Waals surface area (Å²) in [7, 11) is 0. The zero-order valence-corrected chi connectivity index (χ0v) is 10.2. The van der Waals surface area contributed by atoms with Gasteiger partial charge < -0.3 is 10.6 Å². The maximum Gasteiger partial charge on any atom is 0.234 e. The zero-order valence-electron chi connectivity index (χ0n) is 9.38. The molecule has 0 saturated carbocycles. The lowest BCUT2D eigenvalue weighted by Crippen LogP contribution is -2.15. The highest BCUT2D eigenvalue weighted by atomic mass is 32.2. The van der Waals surface area contributed by atoms with Crippen LogP contribution in [0.4, 0.5) is 11.4 Å². The molecule has 1 heterocycles.